The monoisotopic (exact) mass is 708 g/mol. The number of allylic oxidation sites excluding steroid dienone is 4. The predicted molar refractivity (Wildman–Crippen MR) is 184 cm³/mol. The second-order valence-electron chi connectivity index (χ2n) is 15.5. The number of benzene rings is 2. The molecule has 0 spiro atoms. The van der Waals surface area contributed by atoms with Gasteiger partial charge >= 0.3 is 103 Å². The van der Waals surface area contributed by atoms with Crippen molar-refractivity contribution in [2.75, 3.05) is 0 Å². The van der Waals surface area contributed by atoms with E-state index in [0.29, 0.717) is 0 Å². The van der Waals surface area contributed by atoms with Gasteiger partial charge in [0.15, 0.2) is 0 Å². The summed E-state index contributed by atoms with van der Waals surface area (Å²) >= 11 is 1.74. The molecule has 3 aromatic carbocycles. The summed E-state index contributed by atoms with van der Waals surface area (Å²) in [5.41, 5.74) is 6.06. The zero-order valence-corrected chi connectivity index (χ0v) is 32.8. The number of rotatable bonds is 4. The summed E-state index contributed by atoms with van der Waals surface area (Å²) < 4.78 is 1.90. The molecule has 44 heavy (non-hydrogen) atoms. The van der Waals surface area contributed by atoms with E-state index < -0.39 is 0 Å². The van der Waals surface area contributed by atoms with Crippen molar-refractivity contribution in [3.8, 4) is 0 Å². The van der Waals surface area contributed by atoms with Crippen LogP contribution in [0.15, 0.2) is 48.6 Å². The zero-order valence-electron chi connectivity index (χ0n) is 28.8. The third kappa shape index (κ3) is 10.8. The molecule has 0 saturated heterocycles. The van der Waals surface area contributed by atoms with Crippen LogP contribution in [0.25, 0.3) is 21.5 Å². The molecule has 0 heterocycles. The standard InChI is InChI=1S/C23H29.C13H22.C5H5.2ClH.Zr/c1-14-9-16-11-17-10-15(2)21(23(6,7)8)13-19(17)18(16)12-20(14)22(3,4)5;1-2-7-12(6-1)10-5-11-13-8-3-4-9-13;1-2-4-5-3-1;;;/h9-13H,1-8H3;12-13H,1-4,6-11H2;1-3H,4H2;2*1H;/q-1;;-1;;;+2/p-2. The van der Waals surface area contributed by atoms with Gasteiger partial charge in [-0.2, -0.15) is 6.08 Å². The molecular weight excluding hydrogens is 655 g/mol. The van der Waals surface area contributed by atoms with Gasteiger partial charge in [-0.3, -0.25) is 6.08 Å². The molecule has 240 valence electrons. The van der Waals surface area contributed by atoms with Gasteiger partial charge in [0.25, 0.3) is 0 Å². The van der Waals surface area contributed by atoms with E-state index in [-0.39, 0.29) is 35.6 Å². The fourth-order valence-corrected chi connectivity index (χ4v) is 8.92. The fourth-order valence-electron chi connectivity index (χ4n) is 7.50. The van der Waals surface area contributed by atoms with Gasteiger partial charge in [0.05, 0.1) is 0 Å². The Balaban J connectivity index is 0.000000273. The first-order chi connectivity index (χ1) is 19.8. The van der Waals surface area contributed by atoms with Crippen molar-refractivity contribution in [2.45, 2.75) is 137 Å². The van der Waals surface area contributed by atoms with Crippen molar-refractivity contribution < 1.29 is 49.0 Å². The first-order valence-electron chi connectivity index (χ1n) is 16.8. The van der Waals surface area contributed by atoms with Crippen LogP contribution in [0.2, 0.25) is 0 Å². The van der Waals surface area contributed by atoms with Gasteiger partial charge in [0, 0.05) is 0 Å². The molecule has 3 heteroatoms. The molecule has 2 fully saturated rings. The molecule has 6 rings (SSSR count). The Morgan fingerprint density at radius 3 is 1.43 bits per heavy atom. The summed E-state index contributed by atoms with van der Waals surface area (Å²) in [6.45, 7) is 18.3. The average molecular weight is 711 g/mol. The van der Waals surface area contributed by atoms with Crippen LogP contribution in [0, 0.1) is 31.8 Å². The van der Waals surface area contributed by atoms with Gasteiger partial charge in [0.1, 0.15) is 0 Å². The minimum absolute atomic E-state index is 0. The van der Waals surface area contributed by atoms with Crippen LogP contribution in [0.5, 0.6) is 0 Å². The Morgan fingerprint density at radius 2 is 1.14 bits per heavy atom. The molecule has 3 aromatic rings. The van der Waals surface area contributed by atoms with Crippen LogP contribution in [0.3, 0.4) is 0 Å². The molecule has 0 unspecified atom stereocenters. The summed E-state index contributed by atoms with van der Waals surface area (Å²) in [6, 6.07) is 11.9. The first-order valence-corrected chi connectivity index (χ1v) is 18.0. The second kappa shape index (κ2) is 17.3. The zero-order chi connectivity index (χ0) is 30.5. The fraction of sp³-hybridized carbons (Fsp3) is 0.561. The maximum absolute atomic E-state index is 2.99. The summed E-state index contributed by atoms with van der Waals surface area (Å²) in [6.07, 6.45) is 25.2. The summed E-state index contributed by atoms with van der Waals surface area (Å²) in [5.74, 6) is 2.18. The number of aryl methyl sites for hydroxylation is 2. The van der Waals surface area contributed by atoms with E-state index in [1.54, 1.807) is 24.2 Å². The Morgan fingerprint density at radius 1 is 0.727 bits per heavy atom. The molecule has 0 atom stereocenters. The Kier molecular flexibility index (Phi) is 15.5. The van der Waals surface area contributed by atoms with E-state index in [0.717, 1.165) is 18.3 Å². The molecule has 0 nitrogen and oxygen atoms in total. The van der Waals surface area contributed by atoms with Crippen molar-refractivity contribution in [1.82, 2.24) is 0 Å². The van der Waals surface area contributed by atoms with Crippen LogP contribution < -0.4 is 24.8 Å². The van der Waals surface area contributed by atoms with Gasteiger partial charge in [-0.15, -0.1) is 46.2 Å². The van der Waals surface area contributed by atoms with Crippen molar-refractivity contribution in [2.24, 2.45) is 11.8 Å². The predicted octanol–water partition coefficient (Wildman–Crippen LogP) is 6.10. The Hall–Kier alpha value is -0.877. The number of hydrogen-bond acceptors (Lipinski definition) is 0. The van der Waals surface area contributed by atoms with Gasteiger partial charge < -0.3 is 24.8 Å². The third-order valence-electron chi connectivity index (χ3n) is 9.62. The molecule has 2 saturated carbocycles. The minimum atomic E-state index is 0. The van der Waals surface area contributed by atoms with Gasteiger partial charge in [-0.1, -0.05) is 75.9 Å². The molecule has 0 bridgehead atoms. The maximum atomic E-state index is 2.99. The van der Waals surface area contributed by atoms with E-state index in [9.17, 15) is 0 Å². The summed E-state index contributed by atoms with van der Waals surface area (Å²) in [7, 11) is 0. The molecule has 0 amide bonds. The van der Waals surface area contributed by atoms with Crippen LogP contribution in [-0.4, -0.2) is 3.21 Å². The molecule has 0 aromatic heterocycles. The first kappa shape index (κ1) is 39.3. The van der Waals surface area contributed by atoms with Crippen molar-refractivity contribution in [3.63, 3.8) is 0 Å². The summed E-state index contributed by atoms with van der Waals surface area (Å²) in [5, 5.41) is 5.55. The average Bonchev–Trinajstić information content (AvgIpc) is 3.71. The Labute approximate surface area is 297 Å². The van der Waals surface area contributed by atoms with Crippen molar-refractivity contribution >= 4 is 24.8 Å². The van der Waals surface area contributed by atoms with E-state index in [1.165, 1.54) is 108 Å². The number of hydrogen-bond donors (Lipinski definition) is 0. The van der Waals surface area contributed by atoms with E-state index in [4.69, 9.17) is 0 Å². The van der Waals surface area contributed by atoms with Gasteiger partial charge in [0.2, 0.25) is 0 Å². The number of fused-ring (bicyclic) bond motifs is 3. The van der Waals surface area contributed by atoms with Crippen LogP contribution in [-0.2, 0) is 35.1 Å². The van der Waals surface area contributed by atoms with E-state index in [2.05, 4.69) is 97.9 Å². The van der Waals surface area contributed by atoms with Crippen LogP contribution in [0.4, 0.5) is 0 Å². The molecule has 3 aliphatic rings. The van der Waals surface area contributed by atoms with Crippen molar-refractivity contribution in [1.29, 1.82) is 0 Å². The second-order valence-corrected chi connectivity index (χ2v) is 17.2. The number of halogens is 2. The van der Waals surface area contributed by atoms with Crippen LogP contribution in [0.1, 0.15) is 134 Å². The normalized spacial score (nSPS) is 16.8. The topological polar surface area (TPSA) is 0 Å². The third-order valence-corrected chi connectivity index (χ3v) is 10.6. The molecule has 0 radical (unpaired) electrons. The Bertz CT molecular complexity index is 1310. The SMILES string of the molecule is Cc1cc2[cH-]c3cc(C)c(C(C)(C)C)cc3c2cc1C(C)(C)C.[C-]1=CC=CC1.[Cl-].[Cl-].[Zr+2]=[C](CC1CCCC1)CC1CCCC1. The van der Waals surface area contributed by atoms with Gasteiger partial charge in [-0.05, 0) is 24.7 Å². The van der Waals surface area contributed by atoms with Crippen LogP contribution >= 0.6 is 0 Å². The molecule has 3 aliphatic carbocycles. The van der Waals surface area contributed by atoms with Gasteiger partial charge in [-0.25, -0.2) is 12.2 Å². The van der Waals surface area contributed by atoms with E-state index in [1.807, 2.05) is 15.4 Å². The quantitative estimate of drug-likeness (QED) is 0.287. The summed E-state index contributed by atoms with van der Waals surface area (Å²) in [4.78, 5) is 0. The van der Waals surface area contributed by atoms with E-state index >= 15 is 0 Å². The molecular formula is C41H56Cl2Zr-2. The molecule has 0 N–H and O–H groups in total. The molecule has 0 aliphatic heterocycles. The van der Waals surface area contributed by atoms with Crippen molar-refractivity contribution in [3.05, 3.63) is 76.9 Å².